The number of aliphatic hydroxyl groups is 1. The molecule has 1 rings (SSSR count). The lowest BCUT2D eigenvalue weighted by atomic mass is 10.0. The number of hydrogen-bond acceptors (Lipinski definition) is 3. The van der Waals surface area contributed by atoms with Crippen molar-refractivity contribution in [1.29, 1.82) is 0 Å². The zero-order valence-corrected chi connectivity index (χ0v) is 11.7. The number of carboxylic acids is 1. The summed E-state index contributed by atoms with van der Waals surface area (Å²) in [5.41, 5.74) is 0.310. The van der Waals surface area contributed by atoms with Crippen LogP contribution in [-0.4, -0.2) is 27.9 Å². The van der Waals surface area contributed by atoms with Crippen LogP contribution in [0, 0.1) is 0 Å². The van der Waals surface area contributed by atoms with Crippen LogP contribution in [0.3, 0.4) is 0 Å². The second-order valence-corrected chi connectivity index (χ2v) is 4.78. The molecule has 0 fully saturated rings. The Morgan fingerprint density at radius 2 is 2.00 bits per heavy atom. The third-order valence-corrected chi connectivity index (χ3v) is 2.93. The van der Waals surface area contributed by atoms with Gasteiger partial charge in [0.1, 0.15) is 5.75 Å². The number of carboxylic acid groups (broad SMARTS) is 1. The van der Waals surface area contributed by atoms with Crippen LogP contribution < -0.4 is 4.74 Å². The van der Waals surface area contributed by atoms with Crippen LogP contribution in [0.25, 0.3) is 0 Å². The van der Waals surface area contributed by atoms with E-state index in [1.165, 1.54) is 12.1 Å². The molecule has 1 unspecified atom stereocenters. The van der Waals surface area contributed by atoms with Crippen molar-refractivity contribution in [3.8, 4) is 5.75 Å². The molecule has 1 aromatic carbocycles. The van der Waals surface area contributed by atoms with Crippen LogP contribution in [0.4, 0.5) is 13.2 Å². The summed E-state index contributed by atoms with van der Waals surface area (Å²) in [6, 6.07) is 3.39. The second kappa shape index (κ2) is 6.94. The summed E-state index contributed by atoms with van der Waals surface area (Å²) in [6.07, 6.45) is -5.69. The van der Waals surface area contributed by atoms with Crippen LogP contribution >= 0.6 is 15.9 Å². The van der Waals surface area contributed by atoms with Crippen molar-refractivity contribution >= 4 is 21.9 Å². The maximum Gasteiger partial charge on any atom is 0.573 e. The van der Waals surface area contributed by atoms with Gasteiger partial charge < -0.3 is 14.9 Å². The lowest BCUT2D eigenvalue weighted by molar-refractivity contribution is -0.274. The lowest BCUT2D eigenvalue weighted by Gasteiger charge is -2.14. The first-order valence-electron chi connectivity index (χ1n) is 5.59. The Kier molecular flexibility index (Phi) is 5.82. The normalized spacial score (nSPS) is 13.1. The largest absolute Gasteiger partial charge is 0.573 e. The van der Waals surface area contributed by atoms with Crippen LogP contribution in [0.15, 0.2) is 18.2 Å². The molecular weight excluding hydrogens is 345 g/mol. The molecule has 2 N–H and O–H groups in total. The van der Waals surface area contributed by atoms with Gasteiger partial charge in [-0.25, -0.2) is 4.79 Å². The molecule has 1 atom stereocenters. The summed E-state index contributed by atoms with van der Waals surface area (Å²) in [5.74, 6) is -2.08. The van der Waals surface area contributed by atoms with E-state index < -0.39 is 24.2 Å². The van der Waals surface area contributed by atoms with E-state index in [-0.39, 0.29) is 5.56 Å². The third kappa shape index (κ3) is 5.38. The summed E-state index contributed by atoms with van der Waals surface area (Å²) in [4.78, 5) is 10.7. The van der Waals surface area contributed by atoms with Gasteiger partial charge in [-0.05, 0) is 36.1 Å². The Bertz CT molecular complexity index is 476. The molecule has 0 spiro atoms. The van der Waals surface area contributed by atoms with E-state index in [1.807, 2.05) is 0 Å². The third-order valence-electron chi connectivity index (χ3n) is 2.37. The van der Waals surface area contributed by atoms with Gasteiger partial charge in [-0.3, -0.25) is 0 Å². The van der Waals surface area contributed by atoms with Gasteiger partial charge in [0.25, 0.3) is 0 Å². The molecule has 20 heavy (non-hydrogen) atoms. The smallest absolute Gasteiger partial charge is 0.479 e. The predicted octanol–water partition coefficient (Wildman–Crippen LogP) is 3.03. The number of carbonyl (C=O) groups is 1. The molecular formula is C12H12BrF3O4. The van der Waals surface area contributed by atoms with Gasteiger partial charge in [-0.2, -0.15) is 0 Å². The SMILES string of the molecule is O=C(O)C(O)c1cc(CCCBr)cc(OC(F)(F)F)c1. The highest BCUT2D eigenvalue weighted by atomic mass is 79.9. The Labute approximate surface area is 121 Å². The van der Waals surface area contributed by atoms with E-state index >= 15 is 0 Å². The number of aryl methyl sites for hydroxylation is 1. The summed E-state index contributed by atoms with van der Waals surface area (Å²) in [7, 11) is 0. The van der Waals surface area contributed by atoms with Crippen molar-refractivity contribution in [3.63, 3.8) is 0 Å². The molecule has 112 valence electrons. The molecule has 8 heteroatoms. The molecule has 0 saturated heterocycles. The van der Waals surface area contributed by atoms with E-state index in [0.717, 1.165) is 6.07 Å². The Morgan fingerprint density at radius 3 is 2.50 bits per heavy atom. The predicted molar refractivity (Wildman–Crippen MR) is 67.8 cm³/mol. The quantitative estimate of drug-likeness (QED) is 0.769. The van der Waals surface area contributed by atoms with E-state index in [1.54, 1.807) is 0 Å². The fraction of sp³-hybridized carbons (Fsp3) is 0.417. The number of benzene rings is 1. The molecule has 0 aliphatic carbocycles. The first-order chi connectivity index (χ1) is 9.23. The molecule has 1 aromatic rings. The highest BCUT2D eigenvalue weighted by Gasteiger charge is 2.31. The van der Waals surface area contributed by atoms with Crippen molar-refractivity contribution in [2.24, 2.45) is 0 Å². The molecule has 0 bridgehead atoms. The minimum absolute atomic E-state index is 0.149. The fourth-order valence-electron chi connectivity index (χ4n) is 1.59. The second-order valence-electron chi connectivity index (χ2n) is 3.99. The van der Waals surface area contributed by atoms with Crippen LogP contribution in [0.2, 0.25) is 0 Å². The van der Waals surface area contributed by atoms with Gasteiger partial charge in [0.05, 0.1) is 0 Å². The molecule has 4 nitrogen and oxygen atoms in total. The average molecular weight is 357 g/mol. The minimum atomic E-state index is -4.88. The van der Waals surface area contributed by atoms with Crippen molar-refractivity contribution in [1.82, 2.24) is 0 Å². The Balaban J connectivity index is 3.10. The van der Waals surface area contributed by atoms with Gasteiger partial charge in [-0.15, -0.1) is 13.2 Å². The first kappa shape index (κ1) is 16.8. The monoisotopic (exact) mass is 356 g/mol. The van der Waals surface area contributed by atoms with Crippen molar-refractivity contribution in [2.45, 2.75) is 25.3 Å². The van der Waals surface area contributed by atoms with Gasteiger partial charge in [0.2, 0.25) is 0 Å². The number of aliphatic carboxylic acids is 1. The Hall–Kier alpha value is -1.28. The molecule has 0 amide bonds. The highest BCUT2D eigenvalue weighted by Crippen LogP contribution is 2.28. The maximum absolute atomic E-state index is 12.2. The first-order valence-corrected chi connectivity index (χ1v) is 6.71. The lowest BCUT2D eigenvalue weighted by Crippen LogP contribution is -2.18. The van der Waals surface area contributed by atoms with Gasteiger partial charge in [-0.1, -0.05) is 22.0 Å². The van der Waals surface area contributed by atoms with Crippen LogP contribution in [0.1, 0.15) is 23.7 Å². The van der Waals surface area contributed by atoms with Crippen molar-refractivity contribution in [3.05, 3.63) is 29.3 Å². The highest BCUT2D eigenvalue weighted by molar-refractivity contribution is 9.09. The van der Waals surface area contributed by atoms with E-state index in [0.29, 0.717) is 23.7 Å². The summed E-state index contributed by atoms with van der Waals surface area (Å²) >= 11 is 3.19. The minimum Gasteiger partial charge on any atom is -0.479 e. The fourth-order valence-corrected chi connectivity index (χ4v) is 1.87. The maximum atomic E-state index is 12.2. The number of alkyl halides is 4. The molecule has 0 heterocycles. The average Bonchev–Trinajstić information content (AvgIpc) is 2.32. The summed E-state index contributed by atoms with van der Waals surface area (Å²) in [6.45, 7) is 0. The molecule has 0 aliphatic heterocycles. The van der Waals surface area contributed by atoms with Crippen LogP contribution in [-0.2, 0) is 11.2 Å². The van der Waals surface area contributed by atoms with Crippen molar-refractivity contribution in [2.75, 3.05) is 5.33 Å². The van der Waals surface area contributed by atoms with Gasteiger partial charge >= 0.3 is 12.3 Å². The number of aliphatic hydroxyl groups excluding tert-OH is 1. The standard InChI is InChI=1S/C12H12BrF3O4/c13-3-1-2-7-4-8(10(17)11(18)19)6-9(5-7)20-12(14,15)16/h4-6,10,17H,1-3H2,(H,18,19). The van der Waals surface area contributed by atoms with E-state index in [4.69, 9.17) is 5.11 Å². The molecule has 0 aliphatic rings. The number of hydrogen-bond donors (Lipinski definition) is 2. The molecule has 0 saturated carbocycles. The van der Waals surface area contributed by atoms with Crippen LogP contribution in [0.5, 0.6) is 5.75 Å². The van der Waals surface area contributed by atoms with E-state index in [2.05, 4.69) is 20.7 Å². The topological polar surface area (TPSA) is 66.8 Å². The van der Waals surface area contributed by atoms with Gasteiger partial charge in [0.15, 0.2) is 6.10 Å². The number of ether oxygens (including phenoxy) is 1. The molecule has 0 aromatic heterocycles. The molecule has 0 radical (unpaired) electrons. The number of halogens is 4. The van der Waals surface area contributed by atoms with Crippen molar-refractivity contribution < 1.29 is 32.9 Å². The van der Waals surface area contributed by atoms with E-state index in [9.17, 15) is 23.1 Å². The Morgan fingerprint density at radius 1 is 1.35 bits per heavy atom. The summed E-state index contributed by atoms with van der Waals surface area (Å²) < 4.78 is 40.4. The zero-order chi connectivity index (χ0) is 15.3. The zero-order valence-electron chi connectivity index (χ0n) is 10.2. The number of rotatable bonds is 6. The summed E-state index contributed by atoms with van der Waals surface area (Å²) in [5, 5.41) is 18.8. The van der Waals surface area contributed by atoms with Gasteiger partial charge in [0, 0.05) is 5.33 Å².